The molecule has 4 N–H and O–H groups in total. The van der Waals surface area contributed by atoms with Gasteiger partial charge in [-0.2, -0.15) is 0 Å². The Bertz CT molecular complexity index is 137. The summed E-state index contributed by atoms with van der Waals surface area (Å²) in [6.45, 7) is 1.73. The number of ketones is 1. The van der Waals surface area contributed by atoms with E-state index in [1.165, 1.54) is 6.92 Å². The van der Waals surface area contributed by atoms with E-state index in [2.05, 4.69) is 0 Å². The van der Waals surface area contributed by atoms with Crippen molar-refractivity contribution in [1.29, 1.82) is 0 Å². The number of nitrogens with two attached hydrogens (primary N) is 1. The molecule has 0 saturated heterocycles. The minimum atomic E-state index is -1.52. The van der Waals surface area contributed by atoms with Crippen LogP contribution in [0.4, 0.5) is 0 Å². The van der Waals surface area contributed by atoms with E-state index in [0.717, 1.165) is 0 Å². The van der Waals surface area contributed by atoms with Crippen molar-refractivity contribution < 1.29 is 19.7 Å². The van der Waals surface area contributed by atoms with Gasteiger partial charge in [-0.1, -0.05) is 0 Å². The molecule has 0 spiro atoms. The van der Waals surface area contributed by atoms with Crippen LogP contribution < -0.4 is 5.73 Å². The lowest BCUT2D eigenvalue weighted by Gasteiger charge is -2.12. The summed E-state index contributed by atoms with van der Waals surface area (Å²) < 4.78 is 4.86. The molecule has 0 aromatic rings. The Morgan fingerprint density at radius 2 is 2.17 bits per heavy atom. The molecule has 0 aliphatic rings. The first-order chi connectivity index (χ1) is 5.54. The highest BCUT2D eigenvalue weighted by molar-refractivity contribution is 5.76. The zero-order valence-electron chi connectivity index (χ0n) is 7.06. The molecular weight excluding hydrogens is 162 g/mol. The third-order valence-electron chi connectivity index (χ3n) is 1.28. The van der Waals surface area contributed by atoms with Crippen LogP contribution in [0.25, 0.3) is 0 Å². The maximum Gasteiger partial charge on any atom is 0.166 e. The van der Waals surface area contributed by atoms with Gasteiger partial charge in [0.05, 0.1) is 6.04 Å². The zero-order chi connectivity index (χ0) is 9.56. The van der Waals surface area contributed by atoms with Gasteiger partial charge < -0.3 is 20.7 Å². The van der Waals surface area contributed by atoms with Crippen molar-refractivity contribution in [3.63, 3.8) is 0 Å². The molecule has 1 atom stereocenters. The van der Waals surface area contributed by atoms with E-state index in [1.807, 2.05) is 0 Å². The number of carbonyl (C=O) groups excluding carboxylic acids is 1. The molecule has 5 heteroatoms. The lowest BCUT2D eigenvalue weighted by Crippen LogP contribution is -2.35. The molecule has 0 aliphatic carbocycles. The number of ether oxygens (including phenoxy) is 1. The van der Waals surface area contributed by atoms with Crippen LogP contribution in [0.15, 0.2) is 0 Å². The summed E-state index contributed by atoms with van der Waals surface area (Å²) in [7, 11) is 0. The first kappa shape index (κ1) is 11.5. The first-order valence-corrected chi connectivity index (χ1v) is 3.73. The highest BCUT2D eigenvalue weighted by atomic mass is 16.5. The van der Waals surface area contributed by atoms with Crippen molar-refractivity contribution in [1.82, 2.24) is 0 Å². The van der Waals surface area contributed by atoms with Crippen molar-refractivity contribution in [2.24, 2.45) is 5.73 Å². The SMILES string of the molecule is CC(=O)COCCC(N)C(O)O. The van der Waals surface area contributed by atoms with Crippen LogP contribution in [0.2, 0.25) is 0 Å². The number of hydrogen-bond donors (Lipinski definition) is 3. The molecule has 72 valence electrons. The average molecular weight is 177 g/mol. The summed E-state index contributed by atoms with van der Waals surface area (Å²) in [5, 5.41) is 17.1. The number of carbonyl (C=O) groups is 1. The van der Waals surface area contributed by atoms with Gasteiger partial charge in [-0.05, 0) is 13.3 Å². The smallest absolute Gasteiger partial charge is 0.166 e. The largest absolute Gasteiger partial charge is 0.374 e. The van der Waals surface area contributed by atoms with E-state index in [9.17, 15) is 4.79 Å². The fraction of sp³-hybridized carbons (Fsp3) is 0.857. The Labute approximate surface area is 71.1 Å². The number of rotatable bonds is 6. The maximum absolute atomic E-state index is 10.4. The maximum atomic E-state index is 10.4. The molecule has 0 saturated carbocycles. The second kappa shape index (κ2) is 6.07. The summed E-state index contributed by atoms with van der Waals surface area (Å²) in [6.07, 6.45) is -1.20. The molecule has 0 heterocycles. The summed E-state index contributed by atoms with van der Waals surface area (Å²) in [6, 6.07) is -0.711. The van der Waals surface area contributed by atoms with Crippen LogP contribution in [-0.4, -0.2) is 41.5 Å². The van der Waals surface area contributed by atoms with Gasteiger partial charge in [0.2, 0.25) is 0 Å². The molecule has 0 fully saturated rings. The van der Waals surface area contributed by atoms with Crippen LogP contribution in [0.5, 0.6) is 0 Å². The predicted molar refractivity (Wildman–Crippen MR) is 42.3 cm³/mol. The zero-order valence-corrected chi connectivity index (χ0v) is 7.06. The van der Waals surface area contributed by atoms with Crippen LogP contribution in [0.3, 0.4) is 0 Å². The second-order valence-electron chi connectivity index (χ2n) is 2.62. The van der Waals surface area contributed by atoms with E-state index in [4.69, 9.17) is 20.7 Å². The summed E-state index contributed by atoms with van der Waals surface area (Å²) in [5.41, 5.74) is 5.27. The Kier molecular flexibility index (Phi) is 5.83. The first-order valence-electron chi connectivity index (χ1n) is 3.73. The van der Waals surface area contributed by atoms with E-state index in [0.29, 0.717) is 6.42 Å². The Morgan fingerprint density at radius 1 is 1.58 bits per heavy atom. The van der Waals surface area contributed by atoms with Crippen LogP contribution in [0.1, 0.15) is 13.3 Å². The fourth-order valence-electron chi connectivity index (χ4n) is 0.584. The normalized spacial score (nSPS) is 13.4. The van der Waals surface area contributed by atoms with E-state index in [1.54, 1.807) is 0 Å². The highest BCUT2D eigenvalue weighted by Gasteiger charge is 2.10. The van der Waals surface area contributed by atoms with Gasteiger partial charge in [0.1, 0.15) is 6.61 Å². The van der Waals surface area contributed by atoms with Gasteiger partial charge in [0.15, 0.2) is 12.1 Å². The molecule has 0 aliphatic heterocycles. The number of Topliss-reactive ketones (excluding diaryl/α,β-unsaturated/α-hetero) is 1. The molecule has 0 rings (SSSR count). The second-order valence-corrected chi connectivity index (χ2v) is 2.62. The summed E-state index contributed by atoms with van der Waals surface area (Å²) >= 11 is 0. The van der Waals surface area contributed by atoms with Crippen molar-refractivity contribution in [3.8, 4) is 0 Å². The van der Waals surface area contributed by atoms with Crippen molar-refractivity contribution in [2.75, 3.05) is 13.2 Å². The third kappa shape index (κ3) is 6.23. The summed E-state index contributed by atoms with van der Waals surface area (Å²) in [4.78, 5) is 10.4. The van der Waals surface area contributed by atoms with Gasteiger partial charge in [0, 0.05) is 6.61 Å². The molecule has 0 amide bonds. The topological polar surface area (TPSA) is 92.8 Å². The molecule has 1 unspecified atom stereocenters. The monoisotopic (exact) mass is 177 g/mol. The highest BCUT2D eigenvalue weighted by Crippen LogP contribution is 1.93. The van der Waals surface area contributed by atoms with Gasteiger partial charge in [-0.3, -0.25) is 4.79 Å². The summed E-state index contributed by atoms with van der Waals surface area (Å²) in [5.74, 6) is -0.0619. The fourth-order valence-corrected chi connectivity index (χ4v) is 0.584. The third-order valence-corrected chi connectivity index (χ3v) is 1.28. The van der Waals surface area contributed by atoms with E-state index >= 15 is 0 Å². The van der Waals surface area contributed by atoms with Crippen molar-refractivity contribution >= 4 is 5.78 Å². The minimum absolute atomic E-state index is 0.0498. The number of aliphatic hydroxyl groups excluding tert-OH is 1. The van der Waals surface area contributed by atoms with Crippen molar-refractivity contribution in [3.05, 3.63) is 0 Å². The lowest BCUT2D eigenvalue weighted by atomic mass is 10.2. The Balaban J connectivity index is 3.25. The molecule has 12 heavy (non-hydrogen) atoms. The standard InChI is InChI=1S/C7H15NO4/c1-5(9)4-12-3-2-6(8)7(10)11/h6-7,10-11H,2-4,8H2,1H3. The quantitative estimate of drug-likeness (QED) is 0.343. The van der Waals surface area contributed by atoms with Gasteiger partial charge in [-0.15, -0.1) is 0 Å². The molecule has 5 nitrogen and oxygen atoms in total. The molecule has 0 aromatic heterocycles. The minimum Gasteiger partial charge on any atom is -0.374 e. The lowest BCUT2D eigenvalue weighted by molar-refractivity contribution is -0.121. The van der Waals surface area contributed by atoms with Crippen LogP contribution >= 0.6 is 0 Å². The van der Waals surface area contributed by atoms with Crippen molar-refractivity contribution in [2.45, 2.75) is 25.7 Å². The number of hydrogen-bond acceptors (Lipinski definition) is 5. The molecular formula is C7H15NO4. The average Bonchev–Trinajstić information content (AvgIpc) is 1.97. The van der Waals surface area contributed by atoms with Crippen LogP contribution in [0, 0.1) is 0 Å². The number of aliphatic hydroxyl groups is 2. The van der Waals surface area contributed by atoms with Crippen LogP contribution in [-0.2, 0) is 9.53 Å². The molecule has 0 radical (unpaired) electrons. The molecule has 0 bridgehead atoms. The van der Waals surface area contributed by atoms with E-state index in [-0.39, 0.29) is 19.0 Å². The Hall–Kier alpha value is -0.490. The van der Waals surface area contributed by atoms with Gasteiger partial charge in [-0.25, -0.2) is 0 Å². The van der Waals surface area contributed by atoms with Gasteiger partial charge in [0.25, 0.3) is 0 Å². The molecule has 0 aromatic carbocycles. The van der Waals surface area contributed by atoms with E-state index < -0.39 is 12.3 Å². The van der Waals surface area contributed by atoms with Gasteiger partial charge >= 0.3 is 0 Å². The Morgan fingerprint density at radius 3 is 2.58 bits per heavy atom. The predicted octanol–water partition coefficient (Wildman–Crippen LogP) is -1.38.